The fourth-order valence-electron chi connectivity index (χ4n) is 3.01. The second kappa shape index (κ2) is 6.67. The fourth-order valence-corrected chi connectivity index (χ4v) is 3.01. The van der Waals surface area contributed by atoms with Gasteiger partial charge < -0.3 is 14.8 Å². The van der Waals surface area contributed by atoms with Crippen LogP contribution in [0.3, 0.4) is 0 Å². The topological polar surface area (TPSA) is 76.2 Å². The lowest BCUT2D eigenvalue weighted by atomic mass is 10.0. The van der Waals surface area contributed by atoms with Crippen LogP contribution in [-0.2, 0) is 11.3 Å². The number of halogens is 1. The SMILES string of the molecule is C[C@@H]1CCNC(=O)OCc2cccc(c2F)-c2n[nH]c3ccc(cc23)O1. The van der Waals surface area contributed by atoms with Crippen molar-refractivity contribution in [2.45, 2.75) is 26.1 Å². The van der Waals surface area contributed by atoms with E-state index in [9.17, 15) is 9.18 Å². The summed E-state index contributed by atoms with van der Waals surface area (Å²) in [6, 6.07) is 10.5. The van der Waals surface area contributed by atoms with Crippen molar-refractivity contribution < 1.29 is 18.7 Å². The van der Waals surface area contributed by atoms with Crippen molar-refractivity contribution in [1.82, 2.24) is 15.5 Å². The number of amides is 1. The number of hydrogen-bond acceptors (Lipinski definition) is 4. The molecule has 0 radical (unpaired) electrons. The second-order valence-corrected chi connectivity index (χ2v) is 6.28. The molecule has 6 nitrogen and oxygen atoms in total. The number of cyclic esters (lactones) is 1. The van der Waals surface area contributed by atoms with Crippen molar-refractivity contribution in [3.63, 3.8) is 0 Å². The van der Waals surface area contributed by atoms with Gasteiger partial charge in [0.15, 0.2) is 0 Å². The van der Waals surface area contributed by atoms with Gasteiger partial charge in [0.05, 0.1) is 11.6 Å². The number of hydrogen-bond donors (Lipinski definition) is 2. The third-order valence-corrected chi connectivity index (χ3v) is 4.38. The van der Waals surface area contributed by atoms with E-state index in [4.69, 9.17) is 9.47 Å². The van der Waals surface area contributed by atoms with E-state index < -0.39 is 11.9 Å². The van der Waals surface area contributed by atoms with E-state index in [1.54, 1.807) is 18.2 Å². The molecule has 0 saturated carbocycles. The quantitative estimate of drug-likeness (QED) is 0.644. The van der Waals surface area contributed by atoms with Gasteiger partial charge in [-0.3, -0.25) is 5.10 Å². The molecule has 0 fully saturated rings. The molecule has 2 aromatic carbocycles. The predicted molar refractivity (Wildman–Crippen MR) is 94.4 cm³/mol. The number of H-pyrrole nitrogens is 1. The first-order chi connectivity index (χ1) is 12.6. The molecular weight excluding hydrogens is 337 g/mol. The molecule has 1 aliphatic rings. The highest BCUT2D eigenvalue weighted by Crippen LogP contribution is 2.32. The molecule has 26 heavy (non-hydrogen) atoms. The summed E-state index contributed by atoms with van der Waals surface area (Å²) >= 11 is 0. The van der Waals surface area contributed by atoms with Gasteiger partial charge >= 0.3 is 6.09 Å². The number of ether oxygens (including phenoxy) is 2. The lowest BCUT2D eigenvalue weighted by molar-refractivity contribution is 0.136. The van der Waals surface area contributed by atoms with E-state index in [1.807, 2.05) is 25.1 Å². The molecule has 7 heteroatoms. The third kappa shape index (κ3) is 3.08. The number of aromatic nitrogens is 2. The van der Waals surface area contributed by atoms with Crippen LogP contribution in [0.1, 0.15) is 18.9 Å². The number of carbonyl (C=O) groups excluding carboxylic acids is 1. The number of aromatic amines is 1. The van der Waals surface area contributed by atoms with Crippen LogP contribution >= 0.6 is 0 Å². The minimum absolute atomic E-state index is 0.106. The van der Waals surface area contributed by atoms with Crippen molar-refractivity contribution in [2.24, 2.45) is 0 Å². The first-order valence-electron chi connectivity index (χ1n) is 8.45. The summed E-state index contributed by atoms with van der Waals surface area (Å²) in [6.45, 7) is 2.18. The molecule has 4 bridgehead atoms. The monoisotopic (exact) mass is 355 g/mol. The smallest absolute Gasteiger partial charge is 0.407 e. The highest BCUT2D eigenvalue weighted by Gasteiger charge is 2.18. The molecule has 0 saturated heterocycles. The standard InChI is InChI=1S/C19H18FN3O3/c1-11-7-8-21-19(24)25-10-12-3-2-4-14(17(12)20)18-15-9-13(26-11)5-6-16(15)22-23-18/h2-6,9,11H,7-8,10H2,1H3,(H,21,24)(H,22,23)/t11-/m1/s1. The molecule has 4 rings (SSSR count). The maximum Gasteiger partial charge on any atom is 0.407 e. The van der Waals surface area contributed by atoms with Gasteiger partial charge in [-0.15, -0.1) is 0 Å². The van der Waals surface area contributed by atoms with Gasteiger partial charge in [0.2, 0.25) is 0 Å². The second-order valence-electron chi connectivity index (χ2n) is 6.28. The lowest BCUT2D eigenvalue weighted by Gasteiger charge is -2.15. The maximum absolute atomic E-state index is 15.0. The van der Waals surface area contributed by atoms with Crippen molar-refractivity contribution in [2.75, 3.05) is 6.54 Å². The molecule has 1 amide bonds. The number of alkyl carbamates (subject to hydrolysis) is 1. The van der Waals surface area contributed by atoms with Crippen LogP contribution in [0.25, 0.3) is 22.2 Å². The van der Waals surface area contributed by atoms with Crippen LogP contribution in [0.4, 0.5) is 9.18 Å². The Bertz CT molecular complexity index is 970. The van der Waals surface area contributed by atoms with Gasteiger partial charge in [-0.25, -0.2) is 9.18 Å². The number of rotatable bonds is 0. The predicted octanol–water partition coefficient (Wildman–Crippen LogP) is 3.77. The minimum Gasteiger partial charge on any atom is -0.491 e. The van der Waals surface area contributed by atoms with Gasteiger partial charge in [0, 0.05) is 29.5 Å². The maximum atomic E-state index is 15.0. The van der Waals surface area contributed by atoms with Gasteiger partial charge in [-0.1, -0.05) is 12.1 Å². The molecule has 1 aromatic heterocycles. The minimum atomic E-state index is -0.584. The summed E-state index contributed by atoms with van der Waals surface area (Å²) in [7, 11) is 0. The zero-order valence-corrected chi connectivity index (χ0v) is 14.2. The zero-order chi connectivity index (χ0) is 18.1. The molecular formula is C19H18FN3O3. The van der Waals surface area contributed by atoms with Crippen LogP contribution in [0.15, 0.2) is 36.4 Å². The summed E-state index contributed by atoms with van der Waals surface area (Å²) in [6.07, 6.45) is -0.0707. The van der Waals surface area contributed by atoms with E-state index in [1.165, 1.54) is 0 Å². The number of nitrogens with zero attached hydrogens (tertiary/aromatic N) is 1. The Labute approximate surface area is 149 Å². The van der Waals surface area contributed by atoms with Crippen molar-refractivity contribution in [1.29, 1.82) is 0 Å². The van der Waals surface area contributed by atoms with Gasteiger partial charge in [-0.05, 0) is 31.2 Å². The van der Waals surface area contributed by atoms with Gasteiger partial charge in [0.1, 0.15) is 23.9 Å². The Morgan fingerprint density at radius 3 is 3.04 bits per heavy atom. The van der Waals surface area contributed by atoms with Crippen LogP contribution in [0.5, 0.6) is 5.75 Å². The lowest BCUT2D eigenvalue weighted by Crippen LogP contribution is -2.28. The Morgan fingerprint density at radius 1 is 1.27 bits per heavy atom. The first kappa shape index (κ1) is 16.4. The number of carbonyl (C=O) groups is 1. The van der Waals surface area contributed by atoms with E-state index in [2.05, 4.69) is 15.5 Å². The molecule has 1 aliphatic heterocycles. The van der Waals surface area contributed by atoms with Crippen molar-refractivity contribution in [3.8, 4) is 17.0 Å². The van der Waals surface area contributed by atoms with E-state index in [0.29, 0.717) is 35.5 Å². The third-order valence-electron chi connectivity index (χ3n) is 4.38. The molecule has 2 heterocycles. The molecule has 2 N–H and O–H groups in total. The largest absolute Gasteiger partial charge is 0.491 e. The highest BCUT2D eigenvalue weighted by molar-refractivity contribution is 5.94. The van der Waals surface area contributed by atoms with E-state index >= 15 is 0 Å². The zero-order valence-electron chi connectivity index (χ0n) is 14.2. The van der Waals surface area contributed by atoms with E-state index in [-0.39, 0.29) is 12.7 Å². The Morgan fingerprint density at radius 2 is 2.15 bits per heavy atom. The van der Waals surface area contributed by atoms with Gasteiger partial charge in [0.25, 0.3) is 0 Å². The Balaban J connectivity index is 1.84. The summed E-state index contributed by atoms with van der Waals surface area (Å²) < 4.78 is 26.0. The number of benzene rings is 2. The van der Waals surface area contributed by atoms with Crippen molar-refractivity contribution >= 4 is 17.0 Å². The highest BCUT2D eigenvalue weighted by atomic mass is 19.1. The molecule has 0 aliphatic carbocycles. The van der Waals surface area contributed by atoms with E-state index in [0.717, 1.165) is 10.9 Å². The summed E-state index contributed by atoms with van der Waals surface area (Å²) in [5.74, 6) is 0.213. The van der Waals surface area contributed by atoms with Crippen LogP contribution in [-0.4, -0.2) is 28.9 Å². The summed E-state index contributed by atoms with van der Waals surface area (Å²) in [5, 5.41) is 10.6. The molecule has 0 unspecified atom stereocenters. The summed E-state index contributed by atoms with van der Waals surface area (Å²) in [4.78, 5) is 11.8. The molecule has 0 spiro atoms. The van der Waals surface area contributed by atoms with Gasteiger partial charge in [-0.2, -0.15) is 5.10 Å². The average molecular weight is 355 g/mol. The van der Waals surface area contributed by atoms with Crippen LogP contribution < -0.4 is 10.1 Å². The molecule has 3 aromatic rings. The molecule has 1 atom stereocenters. The Kier molecular flexibility index (Phi) is 4.20. The first-order valence-corrected chi connectivity index (χ1v) is 8.45. The van der Waals surface area contributed by atoms with Crippen LogP contribution in [0.2, 0.25) is 0 Å². The number of fused-ring (bicyclic) bond motifs is 4. The van der Waals surface area contributed by atoms with Crippen molar-refractivity contribution in [3.05, 3.63) is 47.8 Å². The van der Waals surface area contributed by atoms with Crippen LogP contribution in [0, 0.1) is 5.82 Å². The summed E-state index contributed by atoms with van der Waals surface area (Å²) in [5.41, 5.74) is 1.93. The molecule has 134 valence electrons. The normalized spacial score (nSPS) is 17.8. The fraction of sp³-hybridized carbons (Fsp3) is 0.263. The average Bonchev–Trinajstić information content (AvgIpc) is 3.03. The number of nitrogens with one attached hydrogen (secondary N) is 2. The Hall–Kier alpha value is -3.09.